The van der Waals surface area contributed by atoms with Crippen LogP contribution >= 0.6 is 11.8 Å². The molecule has 2 aromatic rings. The van der Waals surface area contributed by atoms with Crippen molar-refractivity contribution in [2.24, 2.45) is 0 Å². The van der Waals surface area contributed by atoms with Crippen LogP contribution in [0.15, 0.2) is 71.3 Å². The van der Waals surface area contributed by atoms with Gasteiger partial charge in [0.25, 0.3) is 0 Å². The first-order chi connectivity index (χ1) is 13.2. The summed E-state index contributed by atoms with van der Waals surface area (Å²) < 4.78 is 5.25. The van der Waals surface area contributed by atoms with Gasteiger partial charge in [0.05, 0.1) is 22.4 Å². The number of amides is 1. The molecule has 2 aromatic carbocycles. The number of nitriles is 1. The van der Waals surface area contributed by atoms with Gasteiger partial charge < -0.3 is 10.1 Å². The largest absolute Gasteiger partial charge is 0.460 e. The molecule has 3 rings (SSSR count). The van der Waals surface area contributed by atoms with Gasteiger partial charge in [-0.15, -0.1) is 0 Å². The fraction of sp³-hybridized carbons (Fsp3) is 0.190. The van der Waals surface area contributed by atoms with E-state index in [2.05, 4.69) is 11.4 Å². The van der Waals surface area contributed by atoms with Gasteiger partial charge in [-0.2, -0.15) is 5.26 Å². The molecule has 0 bridgehead atoms. The average Bonchev–Trinajstić information content (AvgIpc) is 2.71. The van der Waals surface area contributed by atoms with Crippen molar-refractivity contribution in [2.45, 2.75) is 18.9 Å². The van der Waals surface area contributed by atoms with Gasteiger partial charge in [-0.1, -0.05) is 72.4 Å². The van der Waals surface area contributed by atoms with Crippen molar-refractivity contribution in [1.29, 1.82) is 5.26 Å². The number of hydrogen-bond acceptors (Lipinski definition) is 5. The number of benzene rings is 2. The highest BCUT2D eigenvalue weighted by Crippen LogP contribution is 2.35. The van der Waals surface area contributed by atoms with Crippen LogP contribution in [0.4, 0.5) is 0 Å². The van der Waals surface area contributed by atoms with Gasteiger partial charge >= 0.3 is 5.97 Å². The van der Waals surface area contributed by atoms with Crippen molar-refractivity contribution in [2.75, 3.05) is 5.75 Å². The van der Waals surface area contributed by atoms with Crippen LogP contribution in [0.1, 0.15) is 23.5 Å². The van der Waals surface area contributed by atoms with Gasteiger partial charge in [0.2, 0.25) is 5.91 Å². The van der Waals surface area contributed by atoms with Crippen LogP contribution in [0.3, 0.4) is 0 Å². The van der Waals surface area contributed by atoms with Crippen LogP contribution in [0.25, 0.3) is 0 Å². The molecule has 0 aromatic heterocycles. The Kier molecular flexibility index (Phi) is 6.29. The zero-order valence-corrected chi connectivity index (χ0v) is 15.4. The Labute approximate surface area is 162 Å². The number of thioether (sulfide) groups is 1. The SMILES string of the molecule is N#CC1=C(SCC(=O)OCc2ccccc2)NC(=O)C[C@H]1c1ccccc1. The zero-order valence-electron chi connectivity index (χ0n) is 14.6. The first kappa shape index (κ1) is 18.7. The summed E-state index contributed by atoms with van der Waals surface area (Å²) in [4.78, 5) is 24.1. The molecule has 0 aliphatic carbocycles. The van der Waals surface area contributed by atoms with E-state index in [0.717, 1.165) is 22.9 Å². The Morgan fingerprint density at radius 1 is 1.15 bits per heavy atom. The molecule has 1 amide bonds. The van der Waals surface area contributed by atoms with E-state index in [9.17, 15) is 14.9 Å². The van der Waals surface area contributed by atoms with Gasteiger partial charge in [-0.25, -0.2) is 0 Å². The second-order valence-electron chi connectivity index (χ2n) is 6.01. The lowest BCUT2D eigenvalue weighted by Gasteiger charge is -2.24. The van der Waals surface area contributed by atoms with Crippen LogP contribution < -0.4 is 5.32 Å². The molecule has 5 nitrogen and oxygen atoms in total. The van der Waals surface area contributed by atoms with Crippen molar-refractivity contribution in [3.05, 3.63) is 82.4 Å². The van der Waals surface area contributed by atoms with Gasteiger partial charge in [0.1, 0.15) is 6.61 Å². The predicted octanol–water partition coefficient (Wildman–Crippen LogP) is 3.50. The first-order valence-corrected chi connectivity index (χ1v) is 9.47. The number of allylic oxidation sites excluding steroid dienone is 1. The van der Waals surface area contributed by atoms with E-state index in [1.807, 2.05) is 60.7 Å². The second-order valence-corrected chi connectivity index (χ2v) is 6.99. The predicted molar refractivity (Wildman–Crippen MR) is 103 cm³/mol. The third-order valence-electron chi connectivity index (χ3n) is 4.13. The molecule has 136 valence electrons. The highest BCUT2D eigenvalue weighted by atomic mass is 32.2. The Balaban J connectivity index is 1.66. The van der Waals surface area contributed by atoms with E-state index >= 15 is 0 Å². The maximum Gasteiger partial charge on any atom is 0.316 e. The van der Waals surface area contributed by atoms with Gasteiger partial charge in [-0.3, -0.25) is 9.59 Å². The highest BCUT2D eigenvalue weighted by molar-refractivity contribution is 8.03. The molecule has 1 aliphatic heterocycles. The molecule has 27 heavy (non-hydrogen) atoms. The molecule has 0 fully saturated rings. The summed E-state index contributed by atoms with van der Waals surface area (Å²) in [5.74, 6) is -0.838. The molecule has 1 N–H and O–H groups in total. The fourth-order valence-corrected chi connectivity index (χ4v) is 3.69. The molecule has 0 spiro atoms. The fourth-order valence-electron chi connectivity index (χ4n) is 2.81. The summed E-state index contributed by atoms with van der Waals surface area (Å²) in [6.45, 7) is 0.198. The van der Waals surface area contributed by atoms with E-state index in [-0.39, 0.29) is 30.6 Å². The normalized spacial score (nSPS) is 16.4. The number of nitrogens with one attached hydrogen (secondary N) is 1. The summed E-state index contributed by atoms with van der Waals surface area (Å²) >= 11 is 1.13. The van der Waals surface area contributed by atoms with E-state index in [0.29, 0.717) is 10.6 Å². The average molecular weight is 378 g/mol. The van der Waals surface area contributed by atoms with Crippen LogP contribution in [0.2, 0.25) is 0 Å². The molecule has 1 heterocycles. The summed E-state index contributed by atoms with van der Waals surface area (Å²) in [5.41, 5.74) is 2.29. The van der Waals surface area contributed by atoms with Crippen molar-refractivity contribution < 1.29 is 14.3 Å². The Morgan fingerprint density at radius 2 is 1.81 bits per heavy atom. The minimum atomic E-state index is -0.398. The second kappa shape index (κ2) is 9.06. The number of ether oxygens (including phenoxy) is 1. The number of nitrogens with zero attached hydrogens (tertiary/aromatic N) is 1. The van der Waals surface area contributed by atoms with Crippen LogP contribution in [0.5, 0.6) is 0 Å². The molecular weight excluding hydrogens is 360 g/mol. The maximum atomic E-state index is 12.1. The number of esters is 1. The third kappa shape index (κ3) is 4.99. The first-order valence-electron chi connectivity index (χ1n) is 8.49. The number of hydrogen-bond donors (Lipinski definition) is 1. The molecule has 0 saturated carbocycles. The van der Waals surface area contributed by atoms with Crippen LogP contribution in [-0.2, 0) is 20.9 Å². The molecule has 0 radical (unpaired) electrons. The number of rotatable bonds is 6. The lowest BCUT2D eigenvalue weighted by Crippen LogP contribution is -2.31. The zero-order chi connectivity index (χ0) is 19.1. The van der Waals surface area contributed by atoms with E-state index in [1.165, 1.54) is 0 Å². The minimum absolute atomic E-state index is 0.0230. The van der Waals surface area contributed by atoms with Crippen molar-refractivity contribution in [1.82, 2.24) is 5.32 Å². The standard InChI is InChI=1S/C21H18N2O3S/c22-12-18-17(16-9-5-2-6-10-16)11-19(24)23-21(18)27-14-20(25)26-13-15-7-3-1-4-8-15/h1-10,17H,11,13-14H2,(H,23,24)/t17-/m0/s1. The van der Waals surface area contributed by atoms with Crippen molar-refractivity contribution in [3.8, 4) is 6.07 Å². The Hall–Kier alpha value is -3.04. The molecule has 6 heteroatoms. The maximum absolute atomic E-state index is 12.1. The van der Waals surface area contributed by atoms with E-state index < -0.39 is 5.97 Å². The monoisotopic (exact) mass is 378 g/mol. The van der Waals surface area contributed by atoms with Crippen LogP contribution in [0, 0.1) is 11.3 Å². The van der Waals surface area contributed by atoms with Crippen molar-refractivity contribution in [3.63, 3.8) is 0 Å². The lowest BCUT2D eigenvalue weighted by molar-refractivity contribution is -0.141. The summed E-state index contributed by atoms with van der Waals surface area (Å²) in [5, 5.41) is 12.8. The topological polar surface area (TPSA) is 79.2 Å². The molecule has 0 saturated heterocycles. The summed E-state index contributed by atoms with van der Waals surface area (Å²) in [6, 6.07) is 21.1. The summed E-state index contributed by atoms with van der Waals surface area (Å²) in [7, 11) is 0. The van der Waals surface area contributed by atoms with Gasteiger partial charge in [0, 0.05) is 12.3 Å². The smallest absolute Gasteiger partial charge is 0.316 e. The number of carbonyl (C=O) groups is 2. The molecular formula is C21H18N2O3S. The summed E-state index contributed by atoms with van der Waals surface area (Å²) in [6.07, 6.45) is 0.218. The van der Waals surface area contributed by atoms with E-state index in [4.69, 9.17) is 4.74 Å². The van der Waals surface area contributed by atoms with Gasteiger partial charge in [0.15, 0.2) is 0 Å². The van der Waals surface area contributed by atoms with Crippen molar-refractivity contribution >= 4 is 23.6 Å². The van der Waals surface area contributed by atoms with E-state index in [1.54, 1.807) is 0 Å². The van der Waals surface area contributed by atoms with Gasteiger partial charge in [-0.05, 0) is 11.1 Å². The van der Waals surface area contributed by atoms with Crippen LogP contribution in [-0.4, -0.2) is 17.6 Å². The molecule has 0 unspecified atom stereocenters. The number of carbonyl (C=O) groups excluding carboxylic acids is 2. The minimum Gasteiger partial charge on any atom is -0.460 e. The molecule has 1 atom stereocenters. The Bertz CT molecular complexity index is 889. The lowest BCUT2D eigenvalue weighted by atomic mass is 9.87. The third-order valence-corrected chi connectivity index (χ3v) is 5.13. The highest BCUT2D eigenvalue weighted by Gasteiger charge is 2.29. The molecule has 1 aliphatic rings. The Morgan fingerprint density at radius 3 is 2.48 bits per heavy atom. The quantitative estimate of drug-likeness (QED) is 0.778.